The zero-order chi connectivity index (χ0) is 13.0. The Kier molecular flexibility index (Phi) is 3.89. The highest BCUT2D eigenvalue weighted by molar-refractivity contribution is 6.31. The van der Waals surface area contributed by atoms with Gasteiger partial charge in [0.25, 0.3) is 5.91 Å². The average Bonchev–Trinajstić information content (AvgIpc) is 2.40. The molecular formula is C13H12ClN3O. The summed E-state index contributed by atoms with van der Waals surface area (Å²) in [5, 5.41) is 3.46. The standard InChI is InChI=1S/C13H12ClN3O/c1-9(10-4-2-3-5-11(10)14)17-13(18)12-8-15-6-7-16-12/h2-9H,1H3,(H,17,18)/t9-/m0/s1. The average molecular weight is 262 g/mol. The molecule has 5 heteroatoms. The second-order valence-electron chi connectivity index (χ2n) is 3.81. The smallest absolute Gasteiger partial charge is 0.271 e. The van der Waals surface area contributed by atoms with E-state index >= 15 is 0 Å². The van der Waals surface area contributed by atoms with Crippen LogP contribution in [0.15, 0.2) is 42.9 Å². The lowest BCUT2D eigenvalue weighted by molar-refractivity contribution is 0.0934. The van der Waals surface area contributed by atoms with Crippen LogP contribution in [-0.2, 0) is 0 Å². The maximum Gasteiger partial charge on any atom is 0.271 e. The number of halogens is 1. The Labute approximate surface area is 110 Å². The summed E-state index contributed by atoms with van der Waals surface area (Å²) in [5.41, 5.74) is 1.16. The highest BCUT2D eigenvalue weighted by atomic mass is 35.5. The fourth-order valence-corrected chi connectivity index (χ4v) is 1.89. The first-order chi connectivity index (χ1) is 8.68. The fraction of sp³-hybridized carbons (Fsp3) is 0.154. The summed E-state index contributed by atoms with van der Waals surface area (Å²) in [6.07, 6.45) is 4.43. The second kappa shape index (κ2) is 5.60. The van der Waals surface area contributed by atoms with Gasteiger partial charge in [-0.1, -0.05) is 29.8 Å². The largest absolute Gasteiger partial charge is 0.344 e. The number of rotatable bonds is 3. The van der Waals surface area contributed by atoms with E-state index in [-0.39, 0.29) is 17.6 Å². The van der Waals surface area contributed by atoms with Crippen molar-refractivity contribution in [3.8, 4) is 0 Å². The molecule has 2 aromatic rings. The van der Waals surface area contributed by atoms with E-state index in [1.54, 1.807) is 6.07 Å². The van der Waals surface area contributed by atoms with Crippen LogP contribution in [0.5, 0.6) is 0 Å². The Hall–Kier alpha value is -1.94. The molecular weight excluding hydrogens is 250 g/mol. The molecule has 0 spiro atoms. The van der Waals surface area contributed by atoms with Crippen molar-refractivity contribution >= 4 is 17.5 Å². The molecule has 0 saturated heterocycles. The van der Waals surface area contributed by atoms with Crippen LogP contribution in [0.25, 0.3) is 0 Å². The molecule has 0 bridgehead atoms. The number of benzene rings is 1. The van der Waals surface area contributed by atoms with Gasteiger partial charge in [-0.3, -0.25) is 9.78 Å². The minimum Gasteiger partial charge on any atom is -0.344 e. The van der Waals surface area contributed by atoms with Crippen molar-refractivity contribution in [3.05, 3.63) is 59.1 Å². The van der Waals surface area contributed by atoms with Crippen molar-refractivity contribution in [2.24, 2.45) is 0 Å². The number of hydrogen-bond donors (Lipinski definition) is 1. The number of hydrogen-bond acceptors (Lipinski definition) is 3. The van der Waals surface area contributed by atoms with Gasteiger partial charge in [-0.15, -0.1) is 0 Å². The summed E-state index contributed by atoms with van der Waals surface area (Å²) in [6, 6.07) is 7.22. The number of nitrogens with one attached hydrogen (secondary N) is 1. The highest BCUT2D eigenvalue weighted by Crippen LogP contribution is 2.22. The predicted octanol–water partition coefficient (Wildman–Crippen LogP) is 2.62. The Morgan fingerprint density at radius 1 is 1.33 bits per heavy atom. The maximum atomic E-state index is 11.9. The van der Waals surface area contributed by atoms with Gasteiger partial charge in [0.1, 0.15) is 5.69 Å². The number of aromatic nitrogens is 2. The lowest BCUT2D eigenvalue weighted by Crippen LogP contribution is -2.27. The van der Waals surface area contributed by atoms with Crippen LogP contribution in [0.2, 0.25) is 5.02 Å². The lowest BCUT2D eigenvalue weighted by atomic mass is 10.1. The Bertz CT molecular complexity index is 545. The normalized spacial score (nSPS) is 11.9. The first kappa shape index (κ1) is 12.5. The zero-order valence-corrected chi connectivity index (χ0v) is 10.6. The molecule has 0 unspecified atom stereocenters. The molecule has 0 aliphatic carbocycles. The molecule has 92 valence electrons. The third kappa shape index (κ3) is 2.84. The quantitative estimate of drug-likeness (QED) is 0.924. The third-order valence-corrected chi connectivity index (χ3v) is 2.86. The number of nitrogens with zero attached hydrogens (tertiary/aromatic N) is 2. The van der Waals surface area contributed by atoms with E-state index in [0.717, 1.165) is 5.56 Å². The van der Waals surface area contributed by atoms with Crippen LogP contribution >= 0.6 is 11.6 Å². The number of carbonyl (C=O) groups is 1. The molecule has 1 heterocycles. The van der Waals surface area contributed by atoms with Crippen LogP contribution in [0.3, 0.4) is 0 Å². The topological polar surface area (TPSA) is 54.9 Å². The van der Waals surface area contributed by atoms with E-state index in [2.05, 4.69) is 15.3 Å². The molecule has 4 nitrogen and oxygen atoms in total. The summed E-state index contributed by atoms with van der Waals surface area (Å²) >= 11 is 6.07. The van der Waals surface area contributed by atoms with Crippen LogP contribution in [-0.4, -0.2) is 15.9 Å². The second-order valence-corrected chi connectivity index (χ2v) is 4.21. The minimum atomic E-state index is -0.268. The molecule has 1 aromatic heterocycles. The maximum absolute atomic E-state index is 11.9. The molecule has 18 heavy (non-hydrogen) atoms. The zero-order valence-electron chi connectivity index (χ0n) is 9.80. The first-order valence-electron chi connectivity index (χ1n) is 5.50. The van der Waals surface area contributed by atoms with Crippen molar-refractivity contribution in [2.75, 3.05) is 0 Å². The van der Waals surface area contributed by atoms with Crippen LogP contribution in [0.4, 0.5) is 0 Å². The SMILES string of the molecule is C[C@H](NC(=O)c1cnccn1)c1ccccc1Cl. The molecule has 0 aliphatic rings. The van der Waals surface area contributed by atoms with Gasteiger partial charge >= 0.3 is 0 Å². The molecule has 0 aliphatic heterocycles. The van der Waals surface area contributed by atoms with Gasteiger partial charge in [0.15, 0.2) is 0 Å². The summed E-state index contributed by atoms with van der Waals surface area (Å²) in [4.78, 5) is 19.7. The van der Waals surface area contributed by atoms with Gasteiger partial charge in [0.2, 0.25) is 0 Å². The Morgan fingerprint density at radius 2 is 2.11 bits per heavy atom. The number of carbonyl (C=O) groups excluding carboxylic acids is 1. The van der Waals surface area contributed by atoms with Gasteiger partial charge in [0.05, 0.1) is 12.2 Å². The minimum absolute atomic E-state index is 0.187. The highest BCUT2D eigenvalue weighted by Gasteiger charge is 2.14. The molecule has 0 saturated carbocycles. The van der Waals surface area contributed by atoms with Gasteiger partial charge in [-0.25, -0.2) is 4.98 Å². The molecule has 0 radical (unpaired) electrons. The van der Waals surface area contributed by atoms with Crippen LogP contribution in [0.1, 0.15) is 29.0 Å². The number of amides is 1. The summed E-state index contributed by atoms with van der Waals surface area (Å²) in [7, 11) is 0. The van der Waals surface area contributed by atoms with Gasteiger partial charge in [-0.05, 0) is 18.6 Å². The molecule has 1 amide bonds. The van der Waals surface area contributed by atoms with Gasteiger partial charge < -0.3 is 5.32 Å². The Morgan fingerprint density at radius 3 is 2.78 bits per heavy atom. The van der Waals surface area contributed by atoms with Crippen molar-refractivity contribution in [2.45, 2.75) is 13.0 Å². The lowest BCUT2D eigenvalue weighted by Gasteiger charge is -2.15. The van der Waals surface area contributed by atoms with Gasteiger partial charge in [0, 0.05) is 17.4 Å². The van der Waals surface area contributed by atoms with Crippen molar-refractivity contribution in [1.82, 2.24) is 15.3 Å². The molecule has 1 aromatic carbocycles. The summed E-state index contributed by atoms with van der Waals surface area (Å²) in [5.74, 6) is -0.268. The monoisotopic (exact) mass is 261 g/mol. The molecule has 0 fully saturated rings. The van der Waals surface area contributed by atoms with Gasteiger partial charge in [-0.2, -0.15) is 0 Å². The Balaban J connectivity index is 2.11. The summed E-state index contributed by atoms with van der Waals surface area (Å²) < 4.78 is 0. The molecule has 1 atom stereocenters. The first-order valence-corrected chi connectivity index (χ1v) is 5.87. The summed E-state index contributed by atoms with van der Waals surface area (Å²) in [6.45, 7) is 1.87. The molecule has 1 N–H and O–H groups in total. The van der Waals surface area contributed by atoms with Crippen LogP contribution < -0.4 is 5.32 Å². The van der Waals surface area contributed by atoms with E-state index in [4.69, 9.17) is 11.6 Å². The van der Waals surface area contributed by atoms with Crippen molar-refractivity contribution in [1.29, 1.82) is 0 Å². The van der Waals surface area contributed by atoms with Crippen LogP contribution in [0, 0.1) is 0 Å². The van der Waals surface area contributed by atoms with E-state index in [9.17, 15) is 4.79 Å². The van der Waals surface area contributed by atoms with E-state index in [0.29, 0.717) is 5.02 Å². The predicted molar refractivity (Wildman–Crippen MR) is 69.4 cm³/mol. The van der Waals surface area contributed by atoms with E-state index < -0.39 is 0 Å². The fourth-order valence-electron chi connectivity index (χ4n) is 1.59. The third-order valence-electron chi connectivity index (χ3n) is 2.52. The van der Waals surface area contributed by atoms with E-state index in [1.807, 2.05) is 25.1 Å². The molecule has 2 rings (SSSR count). The van der Waals surface area contributed by atoms with E-state index in [1.165, 1.54) is 18.6 Å². The van der Waals surface area contributed by atoms with Crippen molar-refractivity contribution in [3.63, 3.8) is 0 Å². The van der Waals surface area contributed by atoms with Crippen molar-refractivity contribution < 1.29 is 4.79 Å².